The second kappa shape index (κ2) is 17.0. The van der Waals surface area contributed by atoms with Gasteiger partial charge in [-0.15, -0.1) is 0 Å². The maximum absolute atomic E-state index is 6.31. The summed E-state index contributed by atoms with van der Waals surface area (Å²) in [7, 11) is 5.69. The first-order chi connectivity index (χ1) is 26.8. The summed E-state index contributed by atoms with van der Waals surface area (Å²) >= 11 is 0. The summed E-state index contributed by atoms with van der Waals surface area (Å²) in [6.45, 7) is 3.12. The van der Waals surface area contributed by atoms with Gasteiger partial charge in [0.1, 0.15) is 18.2 Å². The van der Waals surface area contributed by atoms with Gasteiger partial charge in [0.2, 0.25) is 18.7 Å². The molecule has 6 aromatic rings. The highest BCUT2D eigenvalue weighted by atomic mass is 16.7. The highest BCUT2D eigenvalue weighted by molar-refractivity contribution is 5.70. The van der Waals surface area contributed by atoms with E-state index in [2.05, 4.69) is 64.6 Å². The Hall–Kier alpha value is -6.64. The number of hydrogen-bond donors (Lipinski definition) is 4. The standard InChI is InChI=1S/C41H44N10O4/c1-50(21-27-10-5-4-6-11-27)23-30-19-36(48-40(42)44-30)46-32-14-8-16-34(38(32)52-3)53-25-29-13-7-12-28(18-29)22-51(2)24-31-20-37(49-41(43)45-31)47-33-15-9-17-35-39(33)55-26-54-35/h4-20H,21-26H2,1-3H3,(H3,42,44,46,48)(H3,43,45,47,49). The zero-order valence-corrected chi connectivity index (χ0v) is 31.0. The number of anilines is 6. The highest BCUT2D eigenvalue weighted by Gasteiger charge is 2.19. The van der Waals surface area contributed by atoms with E-state index >= 15 is 0 Å². The summed E-state index contributed by atoms with van der Waals surface area (Å²) in [5.74, 6) is 3.96. The van der Waals surface area contributed by atoms with Gasteiger partial charge in [-0.1, -0.05) is 66.7 Å². The number of fused-ring (bicyclic) bond motifs is 1. The number of benzene rings is 4. The maximum Gasteiger partial charge on any atom is 0.231 e. The van der Waals surface area contributed by atoms with E-state index in [9.17, 15) is 0 Å². The smallest absolute Gasteiger partial charge is 0.231 e. The molecule has 14 nitrogen and oxygen atoms in total. The number of nitrogens with two attached hydrogens (primary N) is 2. The van der Waals surface area contributed by atoms with Crippen molar-refractivity contribution in [3.8, 4) is 23.0 Å². The lowest BCUT2D eigenvalue weighted by Crippen LogP contribution is -2.19. The van der Waals surface area contributed by atoms with Crippen LogP contribution in [0.2, 0.25) is 0 Å². The van der Waals surface area contributed by atoms with Gasteiger partial charge in [0, 0.05) is 38.3 Å². The van der Waals surface area contributed by atoms with Crippen LogP contribution >= 0.6 is 0 Å². The number of ether oxygens (including phenoxy) is 4. The molecule has 6 N–H and O–H groups in total. The molecular weight excluding hydrogens is 697 g/mol. The Balaban J connectivity index is 0.964. The lowest BCUT2D eigenvalue weighted by atomic mass is 10.1. The van der Waals surface area contributed by atoms with Crippen LogP contribution in [0.3, 0.4) is 0 Å². The topological polar surface area (TPSA) is 171 Å². The van der Waals surface area contributed by atoms with Crippen LogP contribution in [0.4, 0.5) is 34.9 Å². The second-order valence-electron chi connectivity index (χ2n) is 13.3. The molecule has 282 valence electrons. The molecule has 7 rings (SSSR count). The Morgan fingerprint density at radius 3 is 1.95 bits per heavy atom. The van der Waals surface area contributed by atoms with E-state index in [1.807, 2.05) is 93.0 Å². The molecule has 0 radical (unpaired) electrons. The van der Waals surface area contributed by atoms with E-state index in [1.165, 1.54) is 5.56 Å². The SMILES string of the molecule is COc1c(Nc2cc(CN(C)Cc3ccccc3)nc(N)n2)cccc1OCc1cccc(CN(C)Cc2cc(Nc3cccc4c3OCO4)nc(N)n2)c1. The van der Waals surface area contributed by atoms with Crippen LogP contribution in [-0.4, -0.2) is 57.7 Å². The molecule has 0 spiro atoms. The van der Waals surface area contributed by atoms with Gasteiger partial charge in [0.15, 0.2) is 23.0 Å². The molecule has 14 heteroatoms. The Morgan fingerprint density at radius 2 is 1.24 bits per heavy atom. The summed E-state index contributed by atoms with van der Waals surface area (Å²) in [5, 5.41) is 6.64. The van der Waals surface area contributed by atoms with Crippen molar-refractivity contribution >= 4 is 34.9 Å². The van der Waals surface area contributed by atoms with Crippen molar-refractivity contribution in [3.63, 3.8) is 0 Å². The average molecular weight is 741 g/mol. The lowest BCUT2D eigenvalue weighted by Gasteiger charge is -2.19. The minimum atomic E-state index is 0.180. The monoisotopic (exact) mass is 740 g/mol. The van der Waals surface area contributed by atoms with Crippen LogP contribution in [0.15, 0.2) is 103 Å². The van der Waals surface area contributed by atoms with Crippen LogP contribution < -0.4 is 41.0 Å². The molecule has 4 aromatic carbocycles. The van der Waals surface area contributed by atoms with E-state index < -0.39 is 0 Å². The highest BCUT2D eigenvalue weighted by Crippen LogP contribution is 2.40. The molecule has 2 aromatic heterocycles. The van der Waals surface area contributed by atoms with Crippen molar-refractivity contribution < 1.29 is 18.9 Å². The Kier molecular flexibility index (Phi) is 11.4. The number of nitrogen functional groups attached to an aromatic ring is 2. The Morgan fingerprint density at radius 1 is 0.636 bits per heavy atom. The summed E-state index contributed by atoms with van der Waals surface area (Å²) < 4.78 is 23.2. The molecule has 3 heterocycles. The fraction of sp³-hybridized carbons (Fsp3) is 0.220. The van der Waals surface area contributed by atoms with Gasteiger partial charge in [-0.05, 0) is 55.1 Å². The third-order valence-electron chi connectivity index (χ3n) is 8.70. The first kappa shape index (κ1) is 36.7. The lowest BCUT2D eigenvalue weighted by molar-refractivity contribution is 0.174. The average Bonchev–Trinajstić information content (AvgIpc) is 3.64. The fourth-order valence-corrected chi connectivity index (χ4v) is 6.42. The van der Waals surface area contributed by atoms with Crippen molar-refractivity contribution in [3.05, 3.63) is 131 Å². The van der Waals surface area contributed by atoms with Crippen molar-refractivity contribution in [1.29, 1.82) is 0 Å². The van der Waals surface area contributed by atoms with Crippen LogP contribution in [0.1, 0.15) is 28.1 Å². The third kappa shape index (κ3) is 9.67. The van der Waals surface area contributed by atoms with E-state index in [-0.39, 0.29) is 18.7 Å². The van der Waals surface area contributed by atoms with E-state index in [0.717, 1.165) is 34.7 Å². The minimum Gasteiger partial charge on any atom is -0.491 e. The van der Waals surface area contributed by atoms with Crippen molar-refractivity contribution in [1.82, 2.24) is 29.7 Å². The summed E-state index contributed by atoms with van der Waals surface area (Å²) in [5.41, 5.74) is 18.6. The minimum absolute atomic E-state index is 0.180. The van der Waals surface area contributed by atoms with Crippen LogP contribution in [0.25, 0.3) is 0 Å². The first-order valence-corrected chi connectivity index (χ1v) is 17.8. The second-order valence-corrected chi connectivity index (χ2v) is 13.3. The Bertz CT molecular complexity index is 2240. The predicted octanol–water partition coefficient (Wildman–Crippen LogP) is 6.50. The van der Waals surface area contributed by atoms with Gasteiger partial charge in [-0.2, -0.15) is 9.97 Å². The molecule has 55 heavy (non-hydrogen) atoms. The molecule has 0 atom stereocenters. The number of methoxy groups -OCH3 is 1. The van der Waals surface area contributed by atoms with Crippen LogP contribution in [0, 0.1) is 0 Å². The number of aromatic nitrogens is 4. The molecule has 0 amide bonds. The summed E-state index contributed by atoms with van der Waals surface area (Å²) in [6.07, 6.45) is 0. The molecule has 0 bridgehead atoms. The number of rotatable bonds is 16. The zero-order valence-electron chi connectivity index (χ0n) is 31.0. The Labute approximate surface area is 320 Å². The normalized spacial score (nSPS) is 11.9. The maximum atomic E-state index is 6.31. The number of nitrogens with zero attached hydrogens (tertiary/aromatic N) is 6. The van der Waals surface area contributed by atoms with Gasteiger partial charge in [-0.3, -0.25) is 9.80 Å². The van der Waals surface area contributed by atoms with Crippen molar-refractivity contribution in [2.45, 2.75) is 32.8 Å². The first-order valence-electron chi connectivity index (χ1n) is 17.8. The predicted molar refractivity (Wildman–Crippen MR) is 213 cm³/mol. The third-order valence-corrected chi connectivity index (χ3v) is 8.70. The largest absolute Gasteiger partial charge is 0.491 e. The van der Waals surface area contributed by atoms with Crippen LogP contribution in [0.5, 0.6) is 23.0 Å². The van der Waals surface area contributed by atoms with Gasteiger partial charge < -0.3 is 41.0 Å². The van der Waals surface area contributed by atoms with Gasteiger partial charge in [-0.25, -0.2) is 9.97 Å². The number of hydrogen-bond acceptors (Lipinski definition) is 14. The van der Waals surface area contributed by atoms with Gasteiger partial charge in [0.05, 0.1) is 29.9 Å². The van der Waals surface area contributed by atoms with E-state index in [1.54, 1.807) is 7.11 Å². The molecule has 0 saturated heterocycles. The fourth-order valence-electron chi connectivity index (χ4n) is 6.42. The summed E-state index contributed by atoms with van der Waals surface area (Å²) in [6, 6.07) is 33.7. The molecule has 1 aliphatic heterocycles. The molecule has 0 saturated carbocycles. The van der Waals surface area contributed by atoms with E-state index in [0.29, 0.717) is 66.6 Å². The molecular formula is C41H44N10O4. The van der Waals surface area contributed by atoms with Crippen LogP contribution in [-0.2, 0) is 32.8 Å². The summed E-state index contributed by atoms with van der Waals surface area (Å²) in [4.78, 5) is 22.1. The quantitative estimate of drug-likeness (QED) is 0.0848. The van der Waals surface area contributed by atoms with Gasteiger partial charge in [0.25, 0.3) is 0 Å². The zero-order chi connectivity index (χ0) is 38.1. The van der Waals surface area contributed by atoms with Crippen molar-refractivity contribution in [2.24, 2.45) is 0 Å². The molecule has 0 fully saturated rings. The van der Waals surface area contributed by atoms with E-state index in [4.69, 9.17) is 30.4 Å². The van der Waals surface area contributed by atoms with Gasteiger partial charge >= 0.3 is 0 Å². The molecule has 0 unspecified atom stereocenters. The number of nitrogens with one attached hydrogen (secondary N) is 2. The molecule has 0 aliphatic carbocycles. The molecule has 1 aliphatic rings. The number of para-hydroxylation sites is 2. The van der Waals surface area contributed by atoms with Crippen molar-refractivity contribution in [2.75, 3.05) is 50.1 Å².